The van der Waals surface area contributed by atoms with E-state index in [1.807, 2.05) is 44.2 Å². The molecule has 1 aromatic heterocycles. The molecule has 0 aliphatic rings. The summed E-state index contributed by atoms with van der Waals surface area (Å²) in [5.74, 6) is 0.104. The summed E-state index contributed by atoms with van der Waals surface area (Å²) in [5, 5.41) is 0.740. The molecule has 0 fully saturated rings. The number of nitrogens with zero attached hydrogens (tertiary/aromatic N) is 1. The van der Waals surface area contributed by atoms with Gasteiger partial charge in [-0.15, -0.1) is 0 Å². The molecule has 0 saturated heterocycles. The lowest BCUT2D eigenvalue weighted by molar-refractivity contribution is 0.0600. The van der Waals surface area contributed by atoms with Crippen LogP contribution in [0.4, 0.5) is 0 Å². The number of esters is 1. The highest BCUT2D eigenvalue weighted by molar-refractivity contribution is 7.89. The van der Waals surface area contributed by atoms with Crippen LogP contribution in [-0.4, -0.2) is 43.9 Å². The highest BCUT2D eigenvalue weighted by Crippen LogP contribution is 2.23. The maximum atomic E-state index is 13.8. The van der Waals surface area contributed by atoms with Gasteiger partial charge in [-0.2, -0.15) is 4.31 Å². The van der Waals surface area contributed by atoms with Gasteiger partial charge in [-0.25, -0.2) is 13.2 Å². The average Bonchev–Trinajstić information content (AvgIpc) is 2.92. The van der Waals surface area contributed by atoms with E-state index in [-0.39, 0.29) is 29.1 Å². The number of H-pyrrole nitrogens is 1. The summed E-state index contributed by atoms with van der Waals surface area (Å²) in [5.41, 5.74) is 2.90. The third-order valence-electron chi connectivity index (χ3n) is 6.36. The second kappa shape index (κ2) is 11.6. The Hall–Kier alpha value is -3.95. The Bertz CT molecular complexity index is 1610. The Labute approximate surface area is 221 Å². The number of sulfonamides is 1. The number of pyridine rings is 1. The van der Waals surface area contributed by atoms with Crippen molar-refractivity contribution in [3.05, 3.63) is 105 Å². The van der Waals surface area contributed by atoms with Gasteiger partial charge in [0.2, 0.25) is 10.0 Å². The van der Waals surface area contributed by atoms with E-state index in [4.69, 9.17) is 9.47 Å². The number of rotatable bonds is 10. The van der Waals surface area contributed by atoms with Crippen LogP contribution in [0.25, 0.3) is 10.9 Å². The molecule has 3 aromatic carbocycles. The number of ether oxygens (including phenoxy) is 2. The van der Waals surface area contributed by atoms with Crippen LogP contribution in [0.5, 0.6) is 5.75 Å². The summed E-state index contributed by atoms with van der Waals surface area (Å²) < 4.78 is 39.2. The van der Waals surface area contributed by atoms with Crippen LogP contribution < -0.4 is 10.3 Å². The summed E-state index contributed by atoms with van der Waals surface area (Å²) in [4.78, 5) is 27.7. The highest BCUT2D eigenvalue weighted by Gasteiger charge is 2.26. The predicted octanol–water partition coefficient (Wildman–Crippen LogP) is 4.46. The van der Waals surface area contributed by atoms with Crippen molar-refractivity contribution in [1.29, 1.82) is 0 Å². The fourth-order valence-electron chi connectivity index (χ4n) is 4.24. The number of nitrogens with one attached hydrogen (secondary N) is 1. The number of aromatic amines is 1. The van der Waals surface area contributed by atoms with Crippen LogP contribution in [-0.2, 0) is 27.7 Å². The number of benzene rings is 3. The van der Waals surface area contributed by atoms with E-state index in [0.717, 1.165) is 16.5 Å². The molecule has 0 amide bonds. The van der Waals surface area contributed by atoms with Gasteiger partial charge in [0.05, 0.1) is 24.2 Å². The lowest BCUT2D eigenvalue weighted by atomic mass is 10.1. The average molecular weight is 535 g/mol. The normalized spacial score (nSPS) is 11.6. The molecule has 0 unspecified atom stereocenters. The summed E-state index contributed by atoms with van der Waals surface area (Å²) in [6.45, 7) is 4.39. The standard InChI is InChI=1S/C29H30N2O6S/c1-4-37-25-11-14-27-23(18-25)17-24(28(32)30-27)19-31(16-15-21-8-6-5-7-20(21)2)38(34,35)26-12-9-22(10-13-26)29(33)36-3/h5-14,17-18H,4,15-16,19H2,1-3H3,(H,30,32). The van der Waals surface area contributed by atoms with E-state index in [2.05, 4.69) is 4.98 Å². The number of carbonyl (C=O) groups is 1. The number of hydrogen-bond donors (Lipinski definition) is 1. The summed E-state index contributed by atoms with van der Waals surface area (Å²) in [6, 6.07) is 20.4. The fourth-order valence-corrected chi connectivity index (χ4v) is 5.66. The largest absolute Gasteiger partial charge is 0.494 e. The fraction of sp³-hybridized carbons (Fsp3) is 0.241. The quantitative estimate of drug-likeness (QED) is 0.301. The van der Waals surface area contributed by atoms with Crippen molar-refractivity contribution in [2.75, 3.05) is 20.3 Å². The van der Waals surface area contributed by atoms with E-state index in [1.165, 1.54) is 35.7 Å². The maximum absolute atomic E-state index is 13.8. The molecular weight excluding hydrogens is 504 g/mol. The highest BCUT2D eigenvalue weighted by atomic mass is 32.2. The minimum absolute atomic E-state index is 0.0192. The molecule has 0 radical (unpaired) electrons. The summed E-state index contributed by atoms with van der Waals surface area (Å²) in [6.07, 6.45) is 0.464. The van der Waals surface area contributed by atoms with Crippen LogP contribution in [0, 0.1) is 6.92 Å². The summed E-state index contributed by atoms with van der Waals surface area (Å²) in [7, 11) is -2.75. The molecule has 0 aliphatic carbocycles. The molecule has 198 valence electrons. The number of hydrogen-bond acceptors (Lipinski definition) is 6. The number of methoxy groups -OCH3 is 1. The first-order valence-electron chi connectivity index (χ1n) is 12.2. The number of aryl methyl sites for hydroxylation is 1. The van der Waals surface area contributed by atoms with Gasteiger partial charge in [-0.3, -0.25) is 4.79 Å². The zero-order valence-corrected chi connectivity index (χ0v) is 22.4. The second-order valence-corrected chi connectivity index (χ2v) is 10.8. The van der Waals surface area contributed by atoms with E-state index < -0.39 is 16.0 Å². The first kappa shape index (κ1) is 27.1. The van der Waals surface area contributed by atoms with Crippen molar-refractivity contribution in [2.24, 2.45) is 0 Å². The van der Waals surface area contributed by atoms with E-state index in [9.17, 15) is 18.0 Å². The molecule has 1 N–H and O–H groups in total. The zero-order chi connectivity index (χ0) is 27.3. The molecule has 38 heavy (non-hydrogen) atoms. The van der Waals surface area contributed by atoms with Gasteiger partial charge in [0.25, 0.3) is 5.56 Å². The smallest absolute Gasteiger partial charge is 0.337 e. The Balaban J connectivity index is 1.72. The van der Waals surface area contributed by atoms with Gasteiger partial charge in [-0.1, -0.05) is 24.3 Å². The van der Waals surface area contributed by atoms with E-state index in [1.54, 1.807) is 18.2 Å². The van der Waals surface area contributed by atoms with Gasteiger partial charge in [-0.05, 0) is 79.9 Å². The summed E-state index contributed by atoms with van der Waals surface area (Å²) >= 11 is 0. The molecule has 4 aromatic rings. The third kappa shape index (κ3) is 5.95. The Kier molecular flexibility index (Phi) is 8.29. The van der Waals surface area contributed by atoms with Gasteiger partial charge in [0.1, 0.15) is 5.75 Å². The van der Waals surface area contributed by atoms with Gasteiger partial charge >= 0.3 is 5.97 Å². The third-order valence-corrected chi connectivity index (χ3v) is 8.21. The van der Waals surface area contributed by atoms with Crippen molar-refractivity contribution in [1.82, 2.24) is 9.29 Å². The topological polar surface area (TPSA) is 106 Å². The van der Waals surface area contributed by atoms with Crippen molar-refractivity contribution in [3.63, 3.8) is 0 Å². The molecular formula is C29H30N2O6S. The van der Waals surface area contributed by atoms with Crippen molar-refractivity contribution < 1.29 is 22.7 Å². The zero-order valence-electron chi connectivity index (χ0n) is 21.6. The first-order valence-corrected chi connectivity index (χ1v) is 13.7. The lowest BCUT2D eigenvalue weighted by Gasteiger charge is -2.23. The van der Waals surface area contributed by atoms with Gasteiger partial charge in [0, 0.05) is 29.6 Å². The van der Waals surface area contributed by atoms with Crippen LogP contribution in [0.1, 0.15) is 34.0 Å². The SMILES string of the molecule is CCOc1ccc2[nH]c(=O)c(CN(CCc3ccccc3C)S(=O)(=O)c3ccc(C(=O)OC)cc3)cc2c1. The van der Waals surface area contributed by atoms with Crippen molar-refractivity contribution in [2.45, 2.75) is 31.7 Å². The monoisotopic (exact) mass is 534 g/mol. The van der Waals surface area contributed by atoms with Gasteiger partial charge < -0.3 is 14.5 Å². The predicted molar refractivity (Wildman–Crippen MR) is 146 cm³/mol. The molecule has 9 heteroatoms. The molecule has 4 rings (SSSR count). The Morgan fingerprint density at radius 1 is 0.974 bits per heavy atom. The molecule has 0 spiro atoms. The van der Waals surface area contributed by atoms with Crippen molar-refractivity contribution >= 4 is 26.9 Å². The molecule has 1 heterocycles. The second-order valence-electron chi connectivity index (χ2n) is 8.84. The van der Waals surface area contributed by atoms with Crippen molar-refractivity contribution in [3.8, 4) is 5.75 Å². The molecule has 0 aliphatic heterocycles. The molecule has 0 saturated carbocycles. The minimum Gasteiger partial charge on any atom is -0.494 e. The van der Waals surface area contributed by atoms with Crippen LogP contribution in [0.15, 0.2) is 82.5 Å². The molecule has 0 atom stereocenters. The number of fused-ring (bicyclic) bond motifs is 1. The van der Waals surface area contributed by atoms with Crippen LogP contribution in [0.3, 0.4) is 0 Å². The number of carbonyl (C=O) groups excluding carboxylic acids is 1. The lowest BCUT2D eigenvalue weighted by Crippen LogP contribution is -2.34. The number of aromatic nitrogens is 1. The first-order chi connectivity index (χ1) is 18.2. The maximum Gasteiger partial charge on any atom is 0.337 e. The van der Waals surface area contributed by atoms with Crippen LogP contribution in [0.2, 0.25) is 0 Å². The Morgan fingerprint density at radius 3 is 2.39 bits per heavy atom. The van der Waals surface area contributed by atoms with Crippen LogP contribution >= 0.6 is 0 Å². The van der Waals surface area contributed by atoms with E-state index >= 15 is 0 Å². The minimum atomic E-state index is -4.01. The Morgan fingerprint density at radius 2 is 1.71 bits per heavy atom. The van der Waals surface area contributed by atoms with E-state index in [0.29, 0.717) is 29.9 Å². The molecule has 8 nitrogen and oxygen atoms in total. The van der Waals surface area contributed by atoms with Gasteiger partial charge in [0.15, 0.2) is 0 Å². The molecule has 0 bridgehead atoms.